The Morgan fingerprint density at radius 3 is 2.39 bits per heavy atom. The molecule has 4 rings (SSSR count). The molecule has 1 fully saturated rings. The Morgan fingerprint density at radius 2 is 1.74 bits per heavy atom. The maximum atomic E-state index is 13.0. The van der Waals surface area contributed by atoms with Crippen LogP contribution in [0.1, 0.15) is 30.0 Å². The lowest BCUT2D eigenvalue weighted by Gasteiger charge is -2.34. The number of halogens is 1. The summed E-state index contributed by atoms with van der Waals surface area (Å²) in [4.78, 5) is 12.9. The summed E-state index contributed by atoms with van der Waals surface area (Å²) in [5.41, 5.74) is 1.72. The van der Waals surface area contributed by atoms with Crippen LogP contribution < -0.4 is 5.32 Å². The van der Waals surface area contributed by atoms with Crippen molar-refractivity contribution in [3.05, 3.63) is 58.8 Å². The smallest absolute Gasteiger partial charge is 0.291 e. The minimum Gasteiger partial charge on any atom is -0.451 e. The van der Waals surface area contributed by atoms with Gasteiger partial charge in [-0.2, -0.15) is 4.31 Å². The van der Waals surface area contributed by atoms with E-state index in [1.165, 1.54) is 16.4 Å². The maximum Gasteiger partial charge on any atom is 0.291 e. The van der Waals surface area contributed by atoms with E-state index in [4.69, 9.17) is 20.8 Å². The molecule has 7 nitrogen and oxygen atoms in total. The first kappa shape index (κ1) is 21.8. The van der Waals surface area contributed by atoms with Gasteiger partial charge >= 0.3 is 0 Å². The first-order valence-corrected chi connectivity index (χ1v) is 11.7. The van der Waals surface area contributed by atoms with Crippen LogP contribution in [-0.4, -0.2) is 43.9 Å². The fraction of sp³-hybridized carbons (Fsp3) is 0.318. The molecule has 2 aromatic carbocycles. The molecule has 3 aromatic rings. The molecule has 0 saturated carbocycles. The number of anilines is 1. The lowest BCUT2D eigenvalue weighted by molar-refractivity contribution is -0.0440. The summed E-state index contributed by atoms with van der Waals surface area (Å²) in [7, 11) is -3.64. The molecule has 9 heteroatoms. The topological polar surface area (TPSA) is 88.9 Å². The highest BCUT2D eigenvalue weighted by molar-refractivity contribution is 7.89. The summed E-state index contributed by atoms with van der Waals surface area (Å²) in [6, 6.07) is 11.3. The van der Waals surface area contributed by atoms with Crippen molar-refractivity contribution in [1.29, 1.82) is 0 Å². The molecule has 2 heterocycles. The van der Waals surface area contributed by atoms with E-state index in [-0.39, 0.29) is 22.9 Å². The highest BCUT2D eigenvalue weighted by Gasteiger charge is 2.32. The van der Waals surface area contributed by atoms with Gasteiger partial charge in [-0.15, -0.1) is 0 Å². The van der Waals surface area contributed by atoms with Gasteiger partial charge in [0.2, 0.25) is 10.0 Å². The number of ether oxygens (including phenoxy) is 1. The molecule has 31 heavy (non-hydrogen) atoms. The molecule has 1 aliphatic rings. The van der Waals surface area contributed by atoms with E-state index >= 15 is 0 Å². The number of nitrogens with zero attached hydrogens (tertiary/aromatic N) is 1. The Labute approximate surface area is 186 Å². The second kappa shape index (κ2) is 8.27. The third-order valence-electron chi connectivity index (χ3n) is 5.24. The first-order valence-electron chi connectivity index (χ1n) is 9.91. The Balaban J connectivity index is 1.52. The molecule has 1 amide bonds. The zero-order chi connectivity index (χ0) is 22.3. The zero-order valence-corrected chi connectivity index (χ0v) is 19.0. The molecule has 1 aromatic heterocycles. The van der Waals surface area contributed by atoms with Crippen molar-refractivity contribution in [2.75, 3.05) is 18.4 Å². The highest BCUT2D eigenvalue weighted by Crippen LogP contribution is 2.29. The first-order chi connectivity index (χ1) is 14.6. The highest BCUT2D eigenvalue weighted by atomic mass is 35.5. The number of hydrogen-bond acceptors (Lipinski definition) is 5. The number of aryl methyl sites for hydroxylation is 1. The van der Waals surface area contributed by atoms with Crippen LogP contribution >= 0.6 is 11.6 Å². The largest absolute Gasteiger partial charge is 0.451 e. The fourth-order valence-electron chi connectivity index (χ4n) is 3.78. The molecule has 164 valence electrons. The normalized spacial score (nSPS) is 20.1. The van der Waals surface area contributed by atoms with Gasteiger partial charge in [0.1, 0.15) is 5.58 Å². The van der Waals surface area contributed by atoms with Gasteiger partial charge in [-0.3, -0.25) is 4.79 Å². The lowest BCUT2D eigenvalue weighted by Crippen LogP contribution is -2.48. The lowest BCUT2D eigenvalue weighted by atomic mass is 10.1. The van der Waals surface area contributed by atoms with Gasteiger partial charge < -0.3 is 14.5 Å². The van der Waals surface area contributed by atoms with E-state index in [0.29, 0.717) is 34.9 Å². The number of rotatable bonds is 4. The quantitative estimate of drug-likeness (QED) is 0.619. The summed E-state index contributed by atoms with van der Waals surface area (Å²) in [5.74, 6) is -0.235. The van der Waals surface area contributed by atoms with Gasteiger partial charge in [0.15, 0.2) is 5.76 Å². The van der Waals surface area contributed by atoms with Crippen LogP contribution in [0.2, 0.25) is 5.02 Å². The SMILES string of the molecule is Cc1c(C(=O)Nc2ccc(S(=O)(=O)N3CC(C)OC(C)C3)cc2)oc2ccc(Cl)cc12. The molecular formula is C22H23ClN2O5S. The number of carbonyl (C=O) groups excluding carboxylic acids is 1. The van der Waals surface area contributed by atoms with Crippen LogP contribution in [0.5, 0.6) is 0 Å². The van der Waals surface area contributed by atoms with Crippen molar-refractivity contribution >= 4 is 44.2 Å². The number of benzene rings is 2. The molecular weight excluding hydrogens is 440 g/mol. The van der Waals surface area contributed by atoms with Crippen LogP contribution in [0, 0.1) is 6.92 Å². The Bertz CT molecular complexity index is 1230. The van der Waals surface area contributed by atoms with E-state index in [1.54, 1.807) is 37.3 Å². The minimum absolute atomic E-state index is 0.168. The van der Waals surface area contributed by atoms with Crippen LogP contribution in [0.15, 0.2) is 51.8 Å². The second-order valence-corrected chi connectivity index (χ2v) is 10.1. The third-order valence-corrected chi connectivity index (χ3v) is 7.32. The molecule has 0 bridgehead atoms. The molecule has 1 N–H and O–H groups in total. The van der Waals surface area contributed by atoms with Gasteiger partial charge in [0.05, 0.1) is 17.1 Å². The van der Waals surface area contributed by atoms with E-state index in [9.17, 15) is 13.2 Å². The Kier molecular flexibility index (Phi) is 5.83. The molecule has 2 atom stereocenters. The van der Waals surface area contributed by atoms with Gasteiger partial charge in [-0.1, -0.05) is 11.6 Å². The fourth-order valence-corrected chi connectivity index (χ4v) is 5.55. The van der Waals surface area contributed by atoms with Crippen molar-refractivity contribution in [3.8, 4) is 0 Å². The molecule has 0 spiro atoms. The second-order valence-electron chi connectivity index (χ2n) is 7.75. The number of furan rings is 1. The Hall–Kier alpha value is -2.39. The van der Waals surface area contributed by atoms with Gasteiger partial charge in [0, 0.05) is 34.7 Å². The van der Waals surface area contributed by atoms with Gasteiger partial charge in [0.25, 0.3) is 5.91 Å². The summed E-state index contributed by atoms with van der Waals surface area (Å²) >= 11 is 6.03. The molecule has 0 aliphatic carbocycles. The van der Waals surface area contributed by atoms with E-state index < -0.39 is 15.9 Å². The number of carbonyl (C=O) groups is 1. The zero-order valence-electron chi connectivity index (χ0n) is 17.4. The van der Waals surface area contributed by atoms with Crippen LogP contribution in [0.4, 0.5) is 5.69 Å². The standard InChI is InChI=1S/C22H23ClN2O5S/c1-13-11-25(12-14(2)29-13)31(27,28)18-7-5-17(6-8-18)24-22(26)21-15(3)19-10-16(23)4-9-20(19)30-21/h4-10,13-14H,11-12H2,1-3H3,(H,24,26). The summed E-state index contributed by atoms with van der Waals surface area (Å²) in [5, 5.41) is 4.08. The number of morpholine rings is 1. The van der Waals surface area contributed by atoms with Crippen molar-refractivity contribution in [1.82, 2.24) is 4.31 Å². The van der Waals surface area contributed by atoms with Crippen LogP contribution in [0.3, 0.4) is 0 Å². The average molecular weight is 463 g/mol. The number of amides is 1. The van der Waals surface area contributed by atoms with Crippen molar-refractivity contribution in [3.63, 3.8) is 0 Å². The average Bonchev–Trinajstić information content (AvgIpc) is 3.04. The van der Waals surface area contributed by atoms with Gasteiger partial charge in [-0.05, 0) is 63.2 Å². The molecule has 1 aliphatic heterocycles. The molecule has 1 saturated heterocycles. The van der Waals surface area contributed by atoms with Crippen molar-refractivity contribution in [2.24, 2.45) is 0 Å². The monoisotopic (exact) mass is 462 g/mol. The van der Waals surface area contributed by atoms with Crippen molar-refractivity contribution in [2.45, 2.75) is 37.9 Å². The summed E-state index contributed by atoms with van der Waals surface area (Å²) in [6.07, 6.45) is -0.335. The van der Waals surface area contributed by atoms with Gasteiger partial charge in [-0.25, -0.2) is 8.42 Å². The summed E-state index contributed by atoms with van der Waals surface area (Å²) < 4.78 is 38.7. The summed E-state index contributed by atoms with van der Waals surface area (Å²) in [6.45, 7) is 6.10. The third kappa shape index (κ3) is 4.34. The molecule has 0 radical (unpaired) electrons. The van der Waals surface area contributed by atoms with E-state index in [0.717, 1.165) is 5.39 Å². The van der Waals surface area contributed by atoms with E-state index in [1.807, 2.05) is 13.8 Å². The predicted octanol–water partition coefficient (Wildman–Crippen LogP) is 4.44. The number of hydrogen-bond donors (Lipinski definition) is 1. The number of fused-ring (bicyclic) bond motifs is 1. The maximum absolute atomic E-state index is 13.0. The predicted molar refractivity (Wildman–Crippen MR) is 119 cm³/mol. The molecule has 2 unspecified atom stereocenters. The number of nitrogens with one attached hydrogen (secondary N) is 1. The van der Waals surface area contributed by atoms with Crippen molar-refractivity contribution < 1.29 is 22.4 Å². The van der Waals surface area contributed by atoms with Crippen LogP contribution in [-0.2, 0) is 14.8 Å². The minimum atomic E-state index is -3.64. The van der Waals surface area contributed by atoms with E-state index in [2.05, 4.69) is 5.32 Å². The number of sulfonamides is 1. The van der Waals surface area contributed by atoms with Crippen LogP contribution in [0.25, 0.3) is 11.0 Å². The Morgan fingerprint density at radius 1 is 1.10 bits per heavy atom.